The van der Waals surface area contributed by atoms with Gasteiger partial charge in [0.05, 0.1) is 11.3 Å². The molecule has 5 heteroatoms. The van der Waals surface area contributed by atoms with Gasteiger partial charge >= 0.3 is 0 Å². The highest BCUT2D eigenvalue weighted by atomic mass is 16.5. The van der Waals surface area contributed by atoms with Crippen molar-refractivity contribution in [3.05, 3.63) is 89.5 Å². The van der Waals surface area contributed by atoms with E-state index in [0.717, 1.165) is 11.1 Å². The number of carbonyl (C=O) groups excluding carboxylic acids is 2. The summed E-state index contributed by atoms with van der Waals surface area (Å²) in [4.78, 5) is 25.4. The standard InChI is InChI=1S/C24H24N2O3/c1-16-10-9-11-17(2)22(16)29-18(3)23(27)26-21-15-8-7-14-20(21)24(28)25-19-12-5-4-6-13-19/h4-15,18H,1-3H3,(H,25,28)(H,26,27). The van der Waals surface area contributed by atoms with Crippen LogP contribution in [-0.4, -0.2) is 17.9 Å². The first-order valence-electron chi connectivity index (χ1n) is 9.45. The molecule has 29 heavy (non-hydrogen) atoms. The van der Waals surface area contributed by atoms with Gasteiger partial charge in [-0.05, 0) is 56.2 Å². The molecule has 0 aliphatic carbocycles. The van der Waals surface area contributed by atoms with Gasteiger partial charge in [-0.3, -0.25) is 9.59 Å². The summed E-state index contributed by atoms with van der Waals surface area (Å²) >= 11 is 0. The quantitative estimate of drug-likeness (QED) is 0.627. The van der Waals surface area contributed by atoms with E-state index in [1.807, 2.05) is 50.2 Å². The zero-order valence-electron chi connectivity index (χ0n) is 16.7. The molecule has 148 valence electrons. The van der Waals surface area contributed by atoms with Crippen LogP contribution in [0, 0.1) is 13.8 Å². The predicted molar refractivity (Wildman–Crippen MR) is 115 cm³/mol. The third kappa shape index (κ3) is 5.02. The molecule has 3 aromatic carbocycles. The van der Waals surface area contributed by atoms with Gasteiger partial charge in [0.25, 0.3) is 11.8 Å². The van der Waals surface area contributed by atoms with E-state index in [-0.39, 0.29) is 11.8 Å². The second kappa shape index (κ2) is 9.06. The van der Waals surface area contributed by atoms with Crippen LogP contribution >= 0.6 is 0 Å². The Labute approximate surface area is 170 Å². The number of para-hydroxylation sites is 3. The molecule has 0 aliphatic rings. The molecular weight excluding hydrogens is 364 g/mol. The van der Waals surface area contributed by atoms with Gasteiger partial charge < -0.3 is 15.4 Å². The second-order valence-electron chi connectivity index (χ2n) is 6.84. The number of benzene rings is 3. The molecule has 0 heterocycles. The van der Waals surface area contributed by atoms with E-state index >= 15 is 0 Å². The van der Waals surface area contributed by atoms with Crippen LogP contribution in [0.25, 0.3) is 0 Å². The molecule has 3 rings (SSSR count). The number of amides is 2. The Morgan fingerprint density at radius 3 is 2.10 bits per heavy atom. The van der Waals surface area contributed by atoms with Crippen molar-refractivity contribution in [1.82, 2.24) is 0 Å². The summed E-state index contributed by atoms with van der Waals surface area (Å²) < 4.78 is 5.89. The molecule has 2 N–H and O–H groups in total. The zero-order valence-corrected chi connectivity index (χ0v) is 16.7. The highest BCUT2D eigenvalue weighted by Crippen LogP contribution is 2.24. The Morgan fingerprint density at radius 1 is 0.793 bits per heavy atom. The van der Waals surface area contributed by atoms with Crippen LogP contribution in [-0.2, 0) is 4.79 Å². The van der Waals surface area contributed by atoms with Crippen molar-refractivity contribution in [1.29, 1.82) is 0 Å². The fourth-order valence-corrected chi connectivity index (χ4v) is 2.96. The van der Waals surface area contributed by atoms with Gasteiger partial charge in [-0.1, -0.05) is 48.5 Å². The normalized spacial score (nSPS) is 11.4. The van der Waals surface area contributed by atoms with Crippen molar-refractivity contribution >= 4 is 23.2 Å². The Kier molecular flexibility index (Phi) is 6.29. The molecule has 0 fully saturated rings. The van der Waals surface area contributed by atoms with Crippen LogP contribution in [0.5, 0.6) is 5.75 Å². The van der Waals surface area contributed by atoms with Gasteiger partial charge in [-0.15, -0.1) is 0 Å². The fourth-order valence-electron chi connectivity index (χ4n) is 2.96. The van der Waals surface area contributed by atoms with E-state index < -0.39 is 6.10 Å². The van der Waals surface area contributed by atoms with Crippen molar-refractivity contribution in [2.45, 2.75) is 26.9 Å². The summed E-state index contributed by atoms with van der Waals surface area (Å²) in [6.07, 6.45) is -0.722. The summed E-state index contributed by atoms with van der Waals surface area (Å²) in [6, 6.07) is 21.9. The molecular formula is C24H24N2O3. The summed E-state index contributed by atoms with van der Waals surface area (Å²) in [7, 11) is 0. The zero-order chi connectivity index (χ0) is 20.8. The highest BCUT2D eigenvalue weighted by Gasteiger charge is 2.19. The number of anilines is 2. The van der Waals surface area contributed by atoms with Crippen molar-refractivity contribution in [3.8, 4) is 5.75 Å². The van der Waals surface area contributed by atoms with Crippen LogP contribution < -0.4 is 15.4 Å². The Balaban J connectivity index is 1.73. The second-order valence-corrected chi connectivity index (χ2v) is 6.84. The number of carbonyl (C=O) groups is 2. The number of hydrogen-bond donors (Lipinski definition) is 2. The Bertz CT molecular complexity index is 995. The minimum atomic E-state index is -0.722. The number of nitrogens with one attached hydrogen (secondary N) is 2. The maximum absolute atomic E-state index is 12.7. The molecule has 0 spiro atoms. The summed E-state index contributed by atoms with van der Waals surface area (Å²) in [5.41, 5.74) is 3.43. The molecule has 5 nitrogen and oxygen atoms in total. The van der Waals surface area contributed by atoms with Crippen molar-refractivity contribution in [2.75, 3.05) is 10.6 Å². The Morgan fingerprint density at radius 2 is 1.41 bits per heavy atom. The van der Waals surface area contributed by atoms with Gasteiger partial charge in [0, 0.05) is 5.69 Å². The molecule has 1 atom stereocenters. The smallest absolute Gasteiger partial charge is 0.265 e. The highest BCUT2D eigenvalue weighted by molar-refractivity contribution is 6.10. The molecule has 0 aromatic heterocycles. The minimum Gasteiger partial charge on any atom is -0.480 e. The topological polar surface area (TPSA) is 67.4 Å². The van der Waals surface area contributed by atoms with Gasteiger partial charge in [0.15, 0.2) is 6.10 Å². The van der Waals surface area contributed by atoms with Crippen LogP contribution in [0.3, 0.4) is 0 Å². The van der Waals surface area contributed by atoms with E-state index in [4.69, 9.17) is 4.74 Å². The number of ether oxygens (including phenoxy) is 1. The molecule has 0 radical (unpaired) electrons. The third-order valence-corrected chi connectivity index (χ3v) is 4.53. The van der Waals surface area contributed by atoms with Gasteiger partial charge in [0.2, 0.25) is 0 Å². The first-order valence-corrected chi connectivity index (χ1v) is 9.45. The van der Waals surface area contributed by atoms with E-state index in [2.05, 4.69) is 10.6 Å². The predicted octanol–water partition coefficient (Wildman–Crippen LogP) is 4.96. The van der Waals surface area contributed by atoms with E-state index in [1.54, 1.807) is 43.3 Å². The molecule has 1 unspecified atom stereocenters. The average molecular weight is 388 g/mol. The number of rotatable bonds is 6. The van der Waals surface area contributed by atoms with Crippen LogP contribution in [0.2, 0.25) is 0 Å². The lowest BCUT2D eigenvalue weighted by molar-refractivity contribution is -0.122. The average Bonchev–Trinajstić information content (AvgIpc) is 2.71. The van der Waals surface area contributed by atoms with Crippen LogP contribution in [0.4, 0.5) is 11.4 Å². The van der Waals surface area contributed by atoms with Crippen LogP contribution in [0.15, 0.2) is 72.8 Å². The third-order valence-electron chi connectivity index (χ3n) is 4.53. The van der Waals surface area contributed by atoms with Gasteiger partial charge in [-0.2, -0.15) is 0 Å². The molecule has 2 amide bonds. The lowest BCUT2D eigenvalue weighted by Gasteiger charge is -2.19. The first kappa shape index (κ1) is 20.1. The molecule has 0 saturated heterocycles. The van der Waals surface area contributed by atoms with Gasteiger partial charge in [-0.25, -0.2) is 0 Å². The largest absolute Gasteiger partial charge is 0.480 e. The van der Waals surface area contributed by atoms with E-state index in [9.17, 15) is 9.59 Å². The van der Waals surface area contributed by atoms with Crippen molar-refractivity contribution in [2.24, 2.45) is 0 Å². The van der Waals surface area contributed by atoms with Gasteiger partial charge in [0.1, 0.15) is 5.75 Å². The summed E-state index contributed by atoms with van der Waals surface area (Å²) in [6.45, 7) is 5.57. The molecule has 0 aliphatic heterocycles. The van der Waals surface area contributed by atoms with E-state index in [0.29, 0.717) is 22.7 Å². The first-order chi connectivity index (χ1) is 14.0. The van der Waals surface area contributed by atoms with Crippen molar-refractivity contribution in [3.63, 3.8) is 0 Å². The monoisotopic (exact) mass is 388 g/mol. The number of aryl methyl sites for hydroxylation is 2. The lowest BCUT2D eigenvalue weighted by Crippen LogP contribution is -2.31. The lowest BCUT2D eigenvalue weighted by atomic mass is 10.1. The van der Waals surface area contributed by atoms with Crippen molar-refractivity contribution < 1.29 is 14.3 Å². The maximum Gasteiger partial charge on any atom is 0.265 e. The van der Waals surface area contributed by atoms with Crippen LogP contribution in [0.1, 0.15) is 28.4 Å². The molecule has 3 aromatic rings. The minimum absolute atomic E-state index is 0.296. The summed E-state index contributed by atoms with van der Waals surface area (Å²) in [5, 5.41) is 5.65. The van der Waals surface area contributed by atoms with E-state index in [1.165, 1.54) is 0 Å². The maximum atomic E-state index is 12.7. The molecule has 0 saturated carbocycles. The SMILES string of the molecule is Cc1cccc(C)c1OC(C)C(=O)Nc1ccccc1C(=O)Nc1ccccc1. The number of hydrogen-bond acceptors (Lipinski definition) is 3. The fraction of sp³-hybridized carbons (Fsp3) is 0.167. The summed E-state index contributed by atoms with van der Waals surface area (Å²) in [5.74, 6) is 0.0771. The molecule has 0 bridgehead atoms. The Hall–Kier alpha value is -3.60.